The summed E-state index contributed by atoms with van der Waals surface area (Å²) in [5, 5.41) is 2.85. The van der Waals surface area contributed by atoms with Gasteiger partial charge in [-0.05, 0) is 43.9 Å². The summed E-state index contributed by atoms with van der Waals surface area (Å²) >= 11 is 0. The smallest absolute Gasteiger partial charge is 0.338 e. The molecule has 0 spiro atoms. The predicted molar refractivity (Wildman–Crippen MR) is 104 cm³/mol. The number of carbonyl (C=O) groups is 2. The van der Waals surface area contributed by atoms with Crippen LogP contribution in [0.3, 0.4) is 0 Å². The van der Waals surface area contributed by atoms with Crippen molar-refractivity contribution >= 4 is 21.9 Å². The molecule has 8 heteroatoms. The van der Waals surface area contributed by atoms with Crippen molar-refractivity contribution in [3.63, 3.8) is 0 Å². The van der Waals surface area contributed by atoms with E-state index in [1.54, 1.807) is 0 Å². The molecule has 0 saturated heterocycles. The molecule has 0 heterocycles. The highest BCUT2D eigenvalue weighted by Crippen LogP contribution is 2.26. The molecule has 0 saturated carbocycles. The molecule has 0 unspecified atom stereocenters. The van der Waals surface area contributed by atoms with Gasteiger partial charge in [0.05, 0.1) is 10.5 Å². The second-order valence-corrected chi connectivity index (χ2v) is 10.7. The molecule has 0 aliphatic carbocycles. The fourth-order valence-corrected chi connectivity index (χ4v) is 3.94. The average Bonchev–Trinajstić information content (AvgIpc) is 2.49. The Hall–Kier alpha value is -1.93. The third-order valence-corrected chi connectivity index (χ3v) is 5.44. The summed E-state index contributed by atoms with van der Waals surface area (Å²) in [6.07, 6.45) is 0.754. The lowest BCUT2D eigenvalue weighted by Gasteiger charge is -2.33. The highest BCUT2D eigenvalue weighted by molar-refractivity contribution is 7.89. The molecular weight excluding hydrogens is 368 g/mol. The summed E-state index contributed by atoms with van der Waals surface area (Å²) in [6, 6.07) is 5.53. The van der Waals surface area contributed by atoms with E-state index in [1.807, 2.05) is 13.8 Å². The molecule has 152 valence electrons. The van der Waals surface area contributed by atoms with Crippen LogP contribution in [0.2, 0.25) is 0 Å². The van der Waals surface area contributed by atoms with Gasteiger partial charge in [0.2, 0.25) is 10.0 Å². The number of carbonyl (C=O) groups excluding carboxylic acids is 2. The average molecular weight is 399 g/mol. The molecule has 0 aromatic heterocycles. The number of sulfonamides is 1. The Morgan fingerprint density at radius 1 is 1.11 bits per heavy atom. The number of nitrogens with one attached hydrogen (secondary N) is 1. The highest BCUT2D eigenvalue weighted by Gasteiger charge is 2.27. The summed E-state index contributed by atoms with van der Waals surface area (Å²) in [4.78, 5) is 24.3. The van der Waals surface area contributed by atoms with Gasteiger partial charge in [-0.15, -0.1) is 0 Å². The molecule has 27 heavy (non-hydrogen) atoms. The fraction of sp³-hybridized carbons (Fsp3) is 0.579. The summed E-state index contributed by atoms with van der Waals surface area (Å²) in [5.41, 5.74) is -0.340. The van der Waals surface area contributed by atoms with Crippen LogP contribution < -0.4 is 5.32 Å². The minimum absolute atomic E-state index is 0.0160. The van der Waals surface area contributed by atoms with Crippen LogP contribution in [0.4, 0.5) is 0 Å². The van der Waals surface area contributed by atoms with E-state index >= 15 is 0 Å². The van der Waals surface area contributed by atoms with Gasteiger partial charge >= 0.3 is 5.97 Å². The number of amides is 1. The van der Waals surface area contributed by atoms with E-state index in [-0.39, 0.29) is 15.9 Å². The van der Waals surface area contributed by atoms with Crippen LogP contribution >= 0.6 is 0 Å². The van der Waals surface area contributed by atoms with Crippen molar-refractivity contribution in [3.05, 3.63) is 29.8 Å². The van der Waals surface area contributed by atoms with Gasteiger partial charge in [0.1, 0.15) is 0 Å². The predicted octanol–water partition coefficient (Wildman–Crippen LogP) is 2.42. The van der Waals surface area contributed by atoms with E-state index in [1.165, 1.54) is 38.4 Å². The van der Waals surface area contributed by atoms with Crippen molar-refractivity contribution in [2.75, 3.05) is 20.7 Å². The van der Waals surface area contributed by atoms with Gasteiger partial charge in [0.15, 0.2) is 6.61 Å². The normalized spacial score (nSPS) is 12.7. The van der Waals surface area contributed by atoms with Gasteiger partial charge in [-0.2, -0.15) is 0 Å². The Balaban J connectivity index is 2.74. The number of rotatable bonds is 7. The standard InChI is InChI=1S/C19H30N2O5S/c1-18(2,3)13-19(4,5)20-16(22)12-26-17(23)14-9-8-10-15(11-14)27(24,25)21(6)7/h8-11H,12-13H2,1-7H3,(H,20,22). The summed E-state index contributed by atoms with van der Waals surface area (Å²) in [6.45, 7) is 9.62. The topological polar surface area (TPSA) is 92.8 Å². The molecule has 7 nitrogen and oxygen atoms in total. The Morgan fingerprint density at radius 2 is 1.70 bits per heavy atom. The van der Waals surface area contributed by atoms with Crippen LogP contribution in [-0.2, 0) is 19.6 Å². The van der Waals surface area contributed by atoms with E-state index in [4.69, 9.17) is 4.74 Å². The van der Waals surface area contributed by atoms with Crippen molar-refractivity contribution in [2.45, 2.75) is 51.5 Å². The Labute approximate surface area is 162 Å². The lowest BCUT2D eigenvalue weighted by Crippen LogP contribution is -2.47. The Bertz CT molecular complexity index is 793. The summed E-state index contributed by atoms with van der Waals surface area (Å²) in [7, 11) is -0.846. The molecule has 0 bridgehead atoms. The van der Waals surface area contributed by atoms with Gasteiger partial charge < -0.3 is 10.1 Å². The van der Waals surface area contributed by atoms with Crippen LogP contribution in [0.5, 0.6) is 0 Å². The van der Waals surface area contributed by atoms with Crippen molar-refractivity contribution in [2.24, 2.45) is 5.41 Å². The third kappa shape index (κ3) is 7.30. The molecular formula is C19H30N2O5S. The third-order valence-electron chi connectivity index (χ3n) is 3.63. The summed E-state index contributed by atoms with van der Waals surface area (Å²) in [5.74, 6) is -1.16. The SMILES string of the molecule is CN(C)S(=O)(=O)c1cccc(C(=O)OCC(=O)NC(C)(C)CC(C)(C)C)c1. The highest BCUT2D eigenvalue weighted by atomic mass is 32.2. The molecule has 0 radical (unpaired) electrons. The van der Waals surface area contributed by atoms with Gasteiger partial charge in [-0.1, -0.05) is 26.8 Å². The first kappa shape index (κ1) is 23.1. The number of hydrogen-bond acceptors (Lipinski definition) is 5. The van der Waals surface area contributed by atoms with Gasteiger partial charge in [0, 0.05) is 19.6 Å². The monoisotopic (exact) mass is 398 g/mol. The van der Waals surface area contributed by atoms with Crippen molar-refractivity contribution in [1.29, 1.82) is 0 Å². The molecule has 0 atom stereocenters. The van der Waals surface area contributed by atoms with E-state index in [9.17, 15) is 18.0 Å². The van der Waals surface area contributed by atoms with E-state index in [0.29, 0.717) is 0 Å². The number of benzene rings is 1. The number of esters is 1. The molecule has 1 aromatic carbocycles. The zero-order valence-electron chi connectivity index (χ0n) is 17.1. The molecule has 1 aromatic rings. The molecule has 0 aliphatic heterocycles. The van der Waals surface area contributed by atoms with Gasteiger partial charge in [-0.25, -0.2) is 17.5 Å². The number of nitrogens with zero attached hydrogens (tertiary/aromatic N) is 1. The van der Waals surface area contributed by atoms with Crippen molar-refractivity contribution in [1.82, 2.24) is 9.62 Å². The lowest BCUT2D eigenvalue weighted by atomic mass is 9.82. The van der Waals surface area contributed by atoms with E-state index in [2.05, 4.69) is 26.1 Å². The number of ether oxygens (including phenoxy) is 1. The first-order chi connectivity index (χ1) is 12.1. The maximum absolute atomic E-state index is 12.2. The fourth-order valence-electron chi connectivity index (χ4n) is 2.99. The molecule has 0 aliphatic rings. The second-order valence-electron chi connectivity index (χ2n) is 8.56. The maximum atomic E-state index is 12.2. The number of hydrogen-bond donors (Lipinski definition) is 1. The Morgan fingerprint density at radius 3 is 2.22 bits per heavy atom. The van der Waals surface area contributed by atoms with Crippen LogP contribution in [0.1, 0.15) is 51.4 Å². The van der Waals surface area contributed by atoms with E-state index < -0.39 is 34.0 Å². The lowest BCUT2D eigenvalue weighted by molar-refractivity contribution is -0.126. The maximum Gasteiger partial charge on any atom is 0.338 e. The first-order valence-electron chi connectivity index (χ1n) is 8.65. The molecule has 1 rings (SSSR count). The molecule has 1 N–H and O–H groups in total. The summed E-state index contributed by atoms with van der Waals surface area (Å²) < 4.78 is 30.4. The zero-order chi connectivity index (χ0) is 21.0. The largest absolute Gasteiger partial charge is 0.452 e. The van der Waals surface area contributed by atoms with E-state index in [0.717, 1.165) is 10.7 Å². The molecule has 0 fully saturated rings. The van der Waals surface area contributed by atoms with Gasteiger partial charge in [0.25, 0.3) is 5.91 Å². The van der Waals surface area contributed by atoms with Crippen molar-refractivity contribution in [3.8, 4) is 0 Å². The minimum Gasteiger partial charge on any atom is -0.452 e. The quantitative estimate of drug-likeness (QED) is 0.712. The van der Waals surface area contributed by atoms with Gasteiger partial charge in [-0.3, -0.25) is 4.79 Å². The van der Waals surface area contributed by atoms with Crippen LogP contribution in [-0.4, -0.2) is 50.8 Å². The first-order valence-corrected chi connectivity index (χ1v) is 10.1. The molecule has 1 amide bonds. The van der Waals surface area contributed by atoms with Crippen molar-refractivity contribution < 1.29 is 22.7 Å². The minimum atomic E-state index is -3.66. The zero-order valence-corrected chi connectivity index (χ0v) is 17.9. The Kier molecular flexibility index (Phi) is 7.18. The van der Waals surface area contributed by atoms with Crippen LogP contribution in [0.25, 0.3) is 0 Å². The van der Waals surface area contributed by atoms with Crippen LogP contribution in [0.15, 0.2) is 29.2 Å². The van der Waals surface area contributed by atoms with Crippen LogP contribution in [0, 0.1) is 5.41 Å². The second kappa shape index (κ2) is 8.39.